The molecule has 3 aromatic rings. The van der Waals surface area contributed by atoms with Crippen LogP contribution in [0.5, 0.6) is 0 Å². The first-order valence-electron chi connectivity index (χ1n) is 8.84. The number of fused-ring (bicyclic) bond motifs is 1. The van der Waals surface area contributed by atoms with Crippen LogP contribution in [0.2, 0.25) is 0 Å². The first-order chi connectivity index (χ1) is 12.7. The molecule has 26 heavy (non-hydrogen) atoms. The van der Waals surface area contributed by atoms with Crippen molar-refractivity contribution in [2.45, 2.75) is 32.7 Å². The first-order valence-corrected chi connectivity index (χ1v) is 9.72. The molecule has 0 fully saturated rings. The lowest BCUT2D eigenvalue weighted by Crippen LogP contribution is -2.36. The topological polar surface area (TPSA) is 72.7 Å². The van der Waals surface area contributed by atoms with E-state index in [0.717, 1.165) is 53.6 Å². The van der Waals surface area contributed by atoms with Crippen molar-refractivity contribution in [1.82, 2.24) is 24.8 Å². The maximum atomic E-state index is 12.5. The number of rotatable bonds is 5. The van der Waals surface area contributed by atoms with Gasteiger partial charge in [0.25, 0.3) is 0 Å². The second-order valence-corrected chi connectivity index (χ2v) is 7.53. The molecule has 0 aliphatic carbocycles. The van der Waals surface area contributed by atoms with E-state index >= 15 is 0 Å². The molecule has 1 N–H and O–H groups in total. The Kier molecular flexibility index (Phi) is 4.79. The van der Waals surface area contributed by atoms with Gasteiger partial charge in [0, 0.05) is 61.4 Å². The molecule has 1 unspecified atom stereocenters. The third-order valence-corrected chi connectivity index (χ3v) is 5.57. The molecule has 4 heterocycles. The van der Waals surface area contributed by atoms with Gasteiger partial charge in [0.1, 0.15) is 5.82 Å². The quantitative estimate of drug-likeness (QED) is 0.752. The molecule has 134 valence electrons. The molecule has 0 aromatic carbocycles. The molecule has 0 bridgehead atoms. The number of nitrogens with one attached hydrogen (secondary N) is 1. The highest BCUT2D eigenvalue weighted by Gasteiger charge is 2.25. The standard InChI is InChI=1S/C19H21N5OS/c1-13-11-24-9-5-15(10-17(24)22-13)19(25)21-8-4-18-23-16(12-26-18)14-2-6-20-7-3-14/h2-3,6-7,11-12,15H,4-5,8-10H2,1H3,(H,21,25). The maximum Gasteiger partial charge on any atom is 0.223 e. The second kappa shape index (κ2) is 7.37. The summed E-state index contributed by atoms with van der Waals surface area (Å²) in [6, 6.07) is 3.91. The van der Waals surface area contributed by atoms with Gasteiger partial charge in [0.15, 0.2) is 0 Å². The van der Waals surface area contributed by atoms with Crippen LogP contribution in [0.1, 0.15) is 22.9 Å². The number of thiazole rings is 1. The monoisotopic (exact) mass is 367 g/mol. The van der Waals surface area contributed by atoms with Crippen LogP contribution in [0.15, 0.2) is 36.1 Å². The summed E-state index contributed by atoms with van der Waals surface area (Å²) < 4.78 is 2.16. The minimum atomic E-state index is 0.0213. The third kappa shape index (κ3) is 3.67. The fraction of sp³-hybridized carbons (Fsp3) is 0.368. The molecule has 1 amide bonds. The average molecular weight is 367 g/mol. The summed E-state index contributed by atoms with van der Waals surface area (Å²) in [6.07, 6.45) is 7.95. The van der Waals surface area contributed by atoms with E-state index < -0.39 is 0 Å². The zero-order chi connectivity index (χ0) is 17.9. The summed E-state index contributed by atoms with van der Waals surface area (Å²) in [5.41, 5.74) is 3.06. The largest absolute Gasteiger partial charge is 0.355 e. The summed E-state index contributed by atoms with van der Waals surface area (Å²) in [4.78, 5) is 25.7. The number of carbonyl (C=O) groups is 1. The normalized spacial score (nSPS) is 16.3. The lowest BCUT2D eigenvalue weighted by molar-refractivity contribution is -0.125. The Morgan fingerprint density at radius 3 is 3.04 bits per heavy atom. The zero-order valence-electron chi connectivity index (χ0n) is 14.7. The van der Waals surface area contributed by atoms with Crippen LogP contribution < -0.4 is 5.32 Å². The summed E-state index contributed by atoms with van der Waals surface area (Å²) in [5, 5.41) is 6.15. The van der Waals surface area contributed by atoms with Gasteiger partial charge in [-0.2, -0.15) is 0 Å². The van der Waals surface area contributed by atoms with Crippen LogP contribution in [0.3, 0.4) is 0 Å². The van der Waals surface area contributed by atoms with Crippen LogP contribution in [-0.2, 0) is 24.2 Å². The molecule has 6 nitrogen and oxygen atoms in total. The highest BCUT2D eigenvalue weighted by molar-refractivity contribution is 7.09. The molecular formula is C19H21N5OS. The molecule has 1 aliphatic rings. The van der Waals surface area contributed by atoms with Crippen LogP contribution in [0.4, 0.5) is 0 Å². The number of amides is 1. The van der Waals surface area contributed by atoms with Crippen molar-refractivity contribution >= 4 is 17.2 Å². The number of pyridine rings is 1. The van der Waals surface area contributed by atoms with Gasteiger partial charge in [-0.25, -0.2) is 9.97 Å². The van der Waals surface area contributed by atoms with E-state index in [1.54, 1.807) is 23.7 Å². The molecule has 0 saturated carbocycles. The number of hydrogen-bond acceptors (Lipinski definition) is 5. The maximum absolute atomic E-state index is 12.5. The Morgan fingerprint density at radius 1 is 1.35 bits per heavy atom. The van der Waals surface area contributed by atoms with E-state index in [4.69, 9.17) is 0 Å². The number of aryl methyl sites for hydroxylation is 2. The summed E-state index contributed by atoms with van der Waals surface area (Å²) >= 11 is 1.63. The number of nitrogens with zero attached hydrogens (tertiary/aromatic N) is 4. The highest BCUT2D eigenvalue weighted by Crippen LogP contribution is 2.22. The van der Waals surface area contributed by atoms with E-state index in [1.165, 1.54) is 0 Å². The predicted molar refractivity (Wildman–Crippen MR) is 101 cm³/mol. The Balaban J connectivity index is 1.29. The molecule has 0 radical (unpaired) electrons. The van der Waals surface area contributed by atoms with Crippen LogP contribution in [0, 0.1) is 12.8 Å². The fourth-order valence-corrected chi connectivity index (χ4v) is 4.12. The van der Waals surface area contributed by atoms with E-state index in [-0.39, 0.29) is 11.8 Å². The molecule has 1 atom stereocenters. The summed E-state index contributed by atoms with van der Waals surface area (Å²) in [7, 11) is 0. The van der Waals surface area contributed by atoms with Gasteiger partial charge in [-0.3, -0.25) is 9.78 Å². The lowest BCUT2D eigenvalue weighted by Gasteiger charge is -2.22. The zero-order valence-corrected chi connectivity index (χ0v) is 15.5. The summed E-state index contributed by atoms with van der Waals surface area (Å²) in [5.74, 6) is 1.17. The van der Waals surface area contributed by atoms with E-state index in [9.17, 15) is 4.79 Å². The fourth-order valence-electron chi connectivity index (χ4n) is 3.31. The predicted octanol–water partition coefficient (Wildman–Crippen LogP) is 2.63. The van der Waals surface area contributed by atoms with E-state index in [2.05, 4.69) is 36.4 Å². The van der Waals surface area contributed by atoms with Gasteiger partial charge in [-0.1, -0.05) is 0 Å². The Hall–Kier alpha value is -2.54. The van der Waals surface area contributed by atoms with Crippen molar-refractivity contribution < 1.29 is 4.79 Å². The van der Waals surface area contributed by atoms with Crippen LogP contribution >= 0.6 is 11.3 Å². The second-order valence-electron chi connectivity index (χ2n) is 6.59. The molecule has 1 aliphatic heterocycles. The van der Waals surface area contributed by atoms with Gasteiger partial charge < -0.3 is 9.88 Å². The van der Waals surface area contributed by atoms with Crippen molar-refractivity contribution in [3.8, 4) is 11.3 Å². The highest BCUT2D eigenvalue weighted by atomic mass is 32.1. The Bertz CT molecular complexity index is 902. The smallest absolute Gasteiger partial charge is 0.223 e. The van der Waals surface area contributed by atoms with Crippen molar-refractivity contribution in [3.05, 3.63) is 52.6 Å². The van der Waals surface area contributed by atoms with Gasteiger partial charge in [0.2, 0.25) is 5.91 Å². The average Bonchev–Trinajstić information content (AvgIpc) is 3.27. The van der Waals surface area contributed by atoms with Crippen molar-refractivity contribution in [2.24, 2.45) is 5.92 Å². The van der Waals surface area contributed by atoms with Crippen molar-refractivity contribution in [2.75, 3.05) is 6.54 Å². The molecule has 3 aromatic heterocycles. The van der Waals surface area contributed by atoms with Gasteiger partial charge in [0.05, 0.1) is 16.4 Å². The number of aromatic nitrogens is 4. The van der Waals surface area contributed by atoms with E-state index in [1.807, 2.05) is 19.1 Å². The number of hydrogen-bond donors (Lipinski definition) is 1. The Labute approximate surface area is 156 Å². The van der Waals surface area contributed by atoms with Crippen LogP contribution in [-0.4, -0.2) is 32.0 Å². The molecule has 4 rings (SSSR count). The molecule has 7 heteroatoms. The van der Waals surface area contributed by atoms with Gasteiger partial charge in [-0.05, 0) is 25.5 Å². The van der Waals surface area contributed by atoms with Crippen molar-refractivity contribution in [1.29, 1.82) is 0 Å². The molecule has 0 saturated heterocycles. The van der Waals surface area contributed by atoms with Gasteiger partial charge >= 0.3 is 0 Å². The number of carbonyl (C=O) groups excluding carboxylic acids is 1. The van der Waals surface area contributed by atoms with Gasteiger partial charge in [-0.15, -0.1) is 11.3 Å². The van der Waals surface area contributed by atoms with E-state index in [0.29, 0.717) is 6.54 Å². The van der Waals surface area contributed by atoms with Crippen molar-refractivity contribution in [3.63, 3.8) is 0 Å². The third-order valence-electron chi connectivity index (χ3n) is 4.66. The minimum absolute atomic E-state index is 0.0213. The lowest BCUT2D eigenvalue weighted by atomic mass is 9.97. The molecular weight excluding hydrogens is 346 g/mol. The minimum Gasteiger partial charge on any atom is -0.355 e. The first kappa shape index (κ1) is 16.9. The van der Waals surface area contributed by atoms with Crippen LogP contribution in [0.25, 0.3) is 11.3 Å². The summed E-state index contributed by atoms with van der Waals surface area (Å²) in [6.45, 7) is 3.48. The number of imidazole rings is 1. The SMILES string of the molecule is Cc1cn2c(n1)CC(C(=O)NCCc1nc(-c3ccncc3)cs1)CC2. The molecule has 0 spiro atoms. The Morgan fingerprint density at radius 2 is 2.19 bits per heavy atom.